The van der Waals surface area contributed by atoms with Crippen LogP contribution in [0.25, 0.3) is 0 Å². The molecule has 0 saturated carbocycles. The molecule has 1 aromatic heterocycles. The van der Waals surface area contributed by atoms with E-state index < -0.39 is 11.4 Å². The van der Waals surface area contributed by atoms with E-state index in [1.165, 1.54) is 0 Å². The molecule has 0 aliphatic rings. The molecule has 3 N–H and O–H groups in total. The molecule has 51 heavy (non-hydrogen) atoms. The maximum absolute atomic E-state index is 16.5. The van der Waals surface area contributed by atoms with Gasteiger partial charge in [0.2, 0.25) is 5.95 Å². The summed E-state index contributed by atoms with van der Waals surface area (Å²) in [5.74, 6) is 0.582. The second kappa shape index (κ2) is 15.5. The highest BCUT2D eigenvalue weighted by atomic mass is 79.9. The van der Waals surface area contributed by atoms with Gasteiger partial charge in [-0.25, -0.2) is 9.37 Å². The number of ether oxygens (including phenoxy) is 2. The average Bonchev–Trinajstić information content (AvgIpc) is 3.54. The first-order chi connectivity index (χ1) is 24.8. The predicted molar refractivity (Wildman–Crippen MR) is 203 cm³/mol. The van der Waals surface area contributed by atoms with E-state index in [0.717, 1.165) is 16.7 Å². The van der Waals surface area contributed by atoms with Crippen molar-refractivity contribution in [1.29, 1.82) is 0 Å². The highest BCUT2D eigenvalue weighted by molar-refractivity contribution is 9.10. The van der Waals surface area contributed by atoms with Gasteiger partial charge in [-0.15, -0.1) is 0 Å². The molecule has 0 fully saturated rings. The SMILES string of the molecule is CCOc1cc(CN(c2ccc(C(N)=NO)cc2)c2nc(Br)cn2C(c2ccccc2)(c2ccccc2)c2ccccc2)c(F)c(OC(C)C)c1. The zero-order valence-corrected chi connectivity index (χ0v) is 30.2. The van der Waals surface area contributed by atoms with Crippen molar-refractivity contribution < 1.29 is 19.1 Å². The van der Waals surface area contributed by atoms with Gasteiger partial charge >= 0.3 is 0 Å². The fourth-order valence-corrected chi connectivity index (χ4v) is 6.75. The van der Waals surface area contributed by atoms with Gasteiger partial charge in [0, 0.05) is 29.1 Å². The smallest absolute Gasteiger partial charge is 0.212 e. The molecule has 0 spiro atoms. The van der Waals surface area contributed by atoms with Crippen LogP contribution in [0.15, 0.2) is 143 Å². The molecular weight excluding hydrogens is 709 g/mol. The Morgan fingerprint density at radius 2 is 1.45 bits per heavy atom. The number of rotatable bonds is 13. The third kappa shape index (κ3) is 7.18. The number of benzene rings is 5. The molecule has 5 aromatic carbocycles. The number of anilines is 2. The Labute approximate surface area is 305 Å². The van der Waals surface area contributed by atoms with Gasteiger partial charge in [0.1, 0.15) is 15.9 Å². The third-order valence-corrected chi connectivity index (χ3v) is 8.89. The first-order valence-electron chi connectivity index (χ1n) is 16.7. The van der Waals surface area contributed by atoms with Crippen molar-refractivity contribution in [2.24, 2.45) is 10.9 Å². The molecule has 6 aromatic rings. The minimum atomic E-state index is -0.929. The molecule has 0 bridgehead atoms. The van der Waals surface area contributed by atoms with E-state index in [0.29, 0.717) is 39.7 Å². The van der Waals surface area contributed by atoms with Gasteiger partial charge in [0.25, 0.3) is 0 Å². The summed E-state index contributed by atoms with van der Waals surface area (Å²) in [4.78, 5) is 7.03. The van der Waals surface area contributed by atoms with E-state index in [4.69, 9.17) is 20.2 Å². The number of halogens is 2. The Balaban J connectivity index is 1.66. The van der Waals surface area contributed by atoms with Crippen LogP contribution in [0.5, 0.6) is 11.5 Å². The summed E-state index contributed by atoms with van der Waals surface area (Å²) in [5, 5.41) is 12.5. The molecule has 0 unspecified atom stereocenters. The van der Waals surface area contributed by atoms with Crippen LogP contribution in [0.3, 0.4) is 0 Å². The number of nitrogens with two attached hydrogens (primary N) is 1. The van der Waals surface area contributed by atoms with Crippen LogP contribution in [0, 0.1) is 5.82 Å². The van der Waals surface area contributed by atoms with Gasteiger partial charge < -0.3 is 25.3 Å². The fraction of sp³-hybridized carbons (Fsp3) is 0.171. The summed E-state index contributed by atoms with van der Waals surface area (Å²) in [6, 6.07) is 41.2. The van der Waals surface area contributed by atoms with Crippen molar-refractivity contribution in [1.82, 2.24) is 9.55 Å². The molecule has 10 heteroatoms. The van der Waals surface area contributed by atoms with Crippen molar-refractivity contribution in [2.45, 2.75) is 39.0 Å². The Morgan fingerprint density at radius 1 is 0.902 bits per heavy atom. The van der Waals surface area contributed by atoms with E-state index in [1.807, 2.05) is 98.6 Å². The van der Waals surface area contributed by atoms with E-state index >= 15 is 4.39 Å². The summed E-state index contributed by atoms with van der Waals surface area (Å²) in [5.41, 5.74) is 9.54. The first-order valence-corrected chi connectivity index (χ1v) is 17.4. The molecule has 260 valence electrons. The fourth-order valence-electron chi connectivity index (χ4n) is 6.39. The maximum atomic E-state index is 16.5. The number of amidine groups is 1. The summed E-state index contributed by atoms with van der Waals surface area (Å²) >= 11 is 3.71. The Bertz CT molecular complexity index is 1990. The van der Waals surface area contributed by atoms with Crippen molar-refractivity contribution in [3.8, 4) is 11.5 Å². The van der Waals surface area contributed by atoms with Gasteiger partial charge in [-0.05, 0) is 83.7 Å². The van der Waals surface area contributed by atoms with E-state index in [1.54, 1.807) is 24.3 Å². The molecule has 0 aliphatic heterocycles. The molecule has 1 heterocycles. The van der Waals surface area contributed by atoms with Crippen LogP contribution in [0.2, 0.25) is 0 Å². The normalized spacial score (nSPS) is 11.8. The van der Waals surface area contributed by atoms with Crippen molar-refractivity contribution in [2.75, 3.05) is 11.5 Å². The second-order valence-corrected chi connectivity index (χ2v) is 13.0. The molecule has 0 aliphatic carbocycles. The lowest BCUT2D eigenvalue weighted by molar-refractivity contribution is 0.228. The van der Waals surface area contributed by atoms with Gasteiger partial charge in [-0.2, -0.15) is 0 Å². The summed E-state index contributed by atoms with van der Waals surface area (Å²) in [7, 11) is 0. The highest BCUT2D eigenvalue weighted by Gasteiger charge is 2.41. The zero-order valence-electron chi connectivity index (χ0n) is 28.6. The van der Waals surface area contributed by atoms with Gasteiger partial charge in [0.15, 0.2) is 17.4 Å². The highest BCUT2D eigenvalue weighted by Crippen LogP contribution is 2.45. The lowest BCUT2D eigenvalue weighted by Crippen LogP contribution is -2.39. The molecule has 6 rings (SSSR count). The van der Waals surface area contributed by atoms with E-state index in [-0.39, 0.29) is 24.2 Å². The number of oxime groups is 1. The minimum Gasteiger partial charge on any atom is -0.494 e. The monoisotopic (exact) mass is 747 g/mol. The number of imidazole rings is 1. The van der Waals surface area contributed by atoms with Gasteiger partial charge in [-0.3, -0.25) is 4.57 Å². The molecule has 8 nitrogen and oxygen atoms in total. The third-order valence-electron chi connectivity index (χ3n) is 8.51. The predicted octanol–water partition coefficient (Wildman–Crippen LogP) is 9.24. The summed E-state index contributed by atoms with van der Waals surface area (Å²) in [6.45, 7) is 6.03. The summed E-state index contributed by atoms with van der Waals surface area (Å²) in [6.07, 6.45) is 1.70. The molecular formula is C41H39BrFN5O3. The minimum absolute atomic E-state index is 0.0282. The Kier molecular flexibility index (Phi) is 10.7. The first kappa shape index (κ1) is 35.2. The van der Waals surface area contributed by atoms with Gasteiger partial charge in [0.05, 0.1) is 19.3 Å². The van der Waals surface area contributed by atoms with Gasteiger partial charge in [-0.1, -0.05) is 96.2 Å². The molecule has 0 radical (unpaired) electrons. The number of hydrogen-bond acceptors (Lipinski definition) is 6. The molecule has 0 amide bonds. The largest absolute Gasteiger partial charge is 0.494 e. The topological polar surface area (TPSA) is 98.1 Å². The second-order valence-electron chi connectivity index (χ2n) is 12.2. The van der Waals surface area contributed by atoms with E-state index in [2.05, 4.69) is 62.1 Å². The van der Waals surface area contributed by atoms with Crippen molar-refractivity contribution in [3.05, 3.63) is 172 Å². The van der Waals surface area contributed by atoms with Crippen LogP contribution in [-0.4, -0.2) is 33.3 Å². The lowest BCUT2D eigenvalue weighted by atomic mass is 9.76. The zero-order chi connectivity index (χ0) is 36.0. The number of aromatic nitrogens is 2. The number of nitrogens with zero attached hydrogens (tertiary/aromatic N) is 4. The van der Waals surface area contributed by atoms with E-state index in [9.17, 15) is 5.21 Å². The van der Waals surface area contributed by atoms with Crippen LogP contribution in [-0.2, 0) is 12.1 Å². The quantitative estimate of drug-likeness (QED) is 0.0402. The van der Waals surface area contributed by atoms with Crippen LogP contribution in [0.4, 0.5) is 16.0 Å². The summed E-state index contributed by atoms with van der Waals surface area (Å²) < 4.78 is 31.0. The van der Waals surface area contributed by atoms with Crippen LogP contribution in [0.1, 0.15) is 48.6 Å². The molecule has 0 saturated heterocycles. The van der Waals surface area contributed by atoms with Crippen LogP contribution >= 0.6 is 15.9 Å². The Hall–Kier alpha value is -5.61. The maximum Gasteiger partial charge on any atom is 0.212 e. The number of hydrogen-bond donors (Lipinski definition) is 2. The van der Waals surface area contributed by atoms with Crippen LogP contribution < -0.4 is 20.1 Å². The lowest BCUT2D eigenvalue weighted by Gasteiger charge is -2.40. The van der Waals surface area contributed by atoms with Crippen molar-refractivity contribution in [3.63, 3.8) is 0 Å². The Morgan fingerprint density at radius 3 is 1.94 bits per heavy atom. The standard InChI is InChI=1S/C41H39BrFN5O3/c1-4-50-35-24-30(38(43)36(25-35)51-28(2)3)26-47(34-22-20-29(21-23-34)39(44)46-49)40-45-37(42)27-48(40)41(31-14-8-5-9-15-31,32-16-10-6-11-17-32)33-18-12-7-13-19-33/h5-25,27-28,49H,4,26H2,1-3H3,(H2,44,46). The molecule has 0 atom stereocenters. The average molecular weight is 749 g/mol. The van der Waals surface area contributed by atoms with Crippen molar-refractivity contribution >= 4 is 33.4 Å².